The number of unbranched alkanes of at least 4 members (excludes halogenated alkanes) is 11. The normalized spacial score (nSPS) is 17.1. The second-order valence-corrected chi connectivity index (χ2v) is 12.5. The first kappa shape index (κ1) is 38.3. The highest BCUT2D eigenvalue weighted by Crippen LogP contribution is 2.19. The van der Waals surface area contributed by atoms with Crippen LogP contribution in [0.4, 0.5) is 0 Å². The number of rotatable bonds is 23. The van der Waals surface area contributed by atoms with E-state index in [-0.39, 0.29) is 23.6 Å². The molecule has 0 aromatic heterocycles. The van der Waals surface area contributed by atoms with Gasteiger partial charge >= 0.3 is 0 Å². The second-order valence-electron chi connectivity index (χ2n) is 12.5. The molecule has 0 aliphatic carbocycles. The van der Waals surface area contributed by atoms with Crippen molar-refractivity contribution in [1.82, 2.24) is 20.9 Å². The topological polar surface area (TPSA) is 125 Å². The number of carbonyl (C=O) groups is 5. The molecule has 4 amide bonds. The highest BCUT2D eigenvalue weighted by molar-refractivity contribution is 5.94. The Hall–Kier alpha value is -2.71. The lowest BCUT2D eigenvalue weighted by atomic mass is 10.1. The van der Waals surface area contributed by atoms with Crippen molar-refractivity contribution in [3.8, 4) is 0 Å². The van der Waals surface area contributed by atoms with E-state index in [1.165, 1.54) is 56.3 Å². The predicted molar refractivity (Wildman–Crippen MR) is 172 cm³/mol. The van der Waals surface area contributed by atoms with E-state index >= 15 is 0 Å². The molecule has 1 aliphatic heterocycles. The molecule has 43 heavy (non-hydrogen) atoms. The molecule has 1 saturated heterocycles. The average Bonchev–Trinajstić information content (AvgIpc) is 3.47. The molecular formula is C34H60N4O5. The van der Waals surface area contributed by atoms with Crippen molar-refractivity contribution in [2.24, 2.45) is 5.92 Å². The molecule has 0 aromatic carbocycles. The van der Waals surface area contributed by atoms with Crippen molar-refractivity contribution >= 4 is 29.9 Å². The molecule has 0 aromatic rings. The SMILES string of the molecule is CCCCCCCC/C=C\CCCCCCCC(=O)N[C@@H](C)C(=O)N[C@@H](C)C(=O)N1CCC[C@H]1C(=O)N[C@H](C=O)C(C)C. The van der Waals surface area contributed by atoms with Crippen LogP contribution in [0.2, 0.25) is 0 Å². The molecule has 3 N–H and O–H groups in total. The van der Waals surface area contributed by atoms with E-state index in [1.54, 1.807) is 13.8 Å². The first-order valence-corrected chi connectivity index (χ1v) is 16.9. The molecule has 0 radical (unpaired) electrons. The Morgan fingerprint density at radius 2 is 1.35 bits per heavy atom. The van der Waals surface area contributed by atoms with E-state index in [2.05, 4.69) is 35.0 Å². The number of hydrogen-bond acceptors (Lipinski definition) is 5. The van der Waals surface area contributed by atoms with Crippen LogP contribution in [-0.2, 0) is 24.0 Å². The molecule has 9 nitrogen and oxygen atoms in total. The Morgan fingerprint density at radius 3 is 1.93 bits per heavy atom. The number of nitrogens with one attached hydrogen (secondary N) is 3. The number of hydrogen-bond donors (Lipinski definition) is 3. The molecule has 9 heteroatoms. The second kappa shape index (κ2) is 22.8. The number of likely N-dealkylation sites (tertiary alicyclic amines) is 1. The number of allylic oxidation sites excluding steroid dienone is 2. The van der Waals surface area contributed by atoms with Gasteiger partial charge in [-0.15, -0.1) is 0 Å². The minimum Gasteiger partial charge on any atom is -0.345 e. The molecule has 1 aliphatic rings. The monoisotopic (exact) mass is 604 g/mol. The van der Waals surface area contributed by atoms with E-state index in [0.717, 1.165) is 32.1 Å². The zero-order valence-electron chi connectivity index (χ0n) is 27.6. The summed E-state index contributed by atoms with van der Waals surface area (Å²) in [6, 6.07) is -2.91. The lowest BCUT2D eigenvalue weighted by Gasteiger charge is -2.29. The third-order valence-corrected chi connectivity index (χ3v) is 8.18. The largest absolute Gasteiger partial charge is 0.345 e. The molecule has 1 rings (SSSR count). The fourth-order valence-electron chi connectivity index (χ4n) is 5.31. The van der Waals surface area contributed by atoms with E-state index < -0.39 is 30.1 Å². The molecule has 0 spiro atoms. The maximum absolute atomic E-state index is 13.1. The summed E-state index contributed by atoms with van der Waals surface area (Å²) in [6.45, 7) is 9.51. The minimum atomic E-state index is -0.849. The summed E-state index contributed by atoms with van der Waals surface area (Å²) in [5.74, 6) is -1.39. The molecule has 0 unspecified atom stereocenters. The van der Waals surface area contributed by atoms with Gasteiger partial charge in [-0.25, -0.2) is 0 Å². The smallest absolute Gasteiger partial charge is 0.245 e. The van der Waals surface area contributed by atoms with Gasteiger partial charge in [0.05, 0.1) is 6.04 Å². The van der Waals surface area contributed by atoms with Gasteiger partial charge in [-0.1, -0.05) is 84.3 Å². The Balaban J connectivity index is 2.24. The van der Waals surface area contributed by atoms with Crippen LogP contribution in [0, 0.1) is 5.92 Å². The fraction of sp³-hybridized carbons (Fsp3) is 0.794. The maximum Gasteiger partial charge on any atom is 0.245 e. The first-order chi connectivity index (χ1) is 20.6. The molecule has 0 bridgehead atoms. The molecular weight excluding hydrogens is 544 g/mol. The Bertz CT molecular complexity index is 875. The van der Waals surface area contributed by atoms with Gasteiger partial charge in [-0.3, -0.25) is 19.2 Å². The fourth-order valence-corrected chi connectivity index (χ4v) is 5.31. The van der Waals surface area contributed by atoms with Crippen LogP contribution in [0.5, 0.6) is 0 Å². The van der Waals surface area contributed by atoms with Gasteiger partial charge in [0.1, 0.15) is 24.4 Å². The number of amides is 4. The van der Waals surface area contributed by atoms with Crippen molar-refractivity contribution < 1.29 is 24.0 Å². The van der Waals surface area contributed by atoms with Crippen LogP contribution in [0.15, 0.2) is 12.2 Å². The van der Waals surface area contributed by atoms with Gasteiger partial charge < -0.3 is 25.6 Å². The minimum absolute atomic E-state index is 0.0567. The van der Waals surface area contributed by atoms with Gasteiger partial charge in [-0.05, 0) is 64.7 Å². The van der Waals surface area contributed by atoms with Crippen molar-refractivity contribution in [2.75, 3.05) is 6.54 Å². The Morgan fingerprint density at radius 1 is 0.767 bits per heavy atom. The Kier molecular flexibility index (Phi) is 20.3. The van der Waals surface area contributed by atoms with Gasteiger partial charge in [0.25, 0.3) is 0 Å². The summed E-state index contributed by atoms with van der Waals surface area (Å²) in [4.78, 5) is 63.6. The van der Waals surface area contributed by atoms with Crippen molar-refractivity contribution in [2.45, 2.75) is 162 Å². The lowest BCUT2D eigenvalue weighted by Crippen LogP contribution is -2.56. The lowest BCUT2D eigenvalue weighted by molar-refractivity contribution is -0.141. The molecule has 0 saturated carbocycles. The summed E-state index contributed by atoms with van der Waals surface area (Å²) in [7, 11) is 0. The summed E-state index contributed by atoms with van der Waals surface area (Å²) in [5.41, 5.74) is 0. The van der Waals surface area contributed by atoms with Crippen LogP contribution >= 0.6 is 0 Å². The summed E-state index contributed by atoms with van der Waals surface area (Å²) in [5, 5.41) is 8.12. The van der Waals surface area contributed by atoms with Crippen molar-refractivity contribution in [3.05, 3.63) is 12.2 Å². The Labute approximate surface area is 260 Å². The van der Waals surface area contributed by atoms with Gasteiger partial charge in [-0.2, -0.15) is 0 Å². The van der Waals surface area contributed by atoms with Crippen LogP contribution in [0.3, 0.4) is 0 Å². The third-order valence-electron chi connectivity index (χ3n) is 8.18. The summed E-state index contributed by atoms with van der Waals surface area (Å²) >= 11 is 0. The number of nitrogens with zero attached hydrogens (tertiary/aromatic N) is 1. The van der Waals surface area contributed by atoms with E-state index in [9.17, 15) is 24.0 Å². The molecule has 1 fully saturated rings. The number of carbonyl (C=O) groups excluding carboxylic acids is 5. The van der Waals surface area contributed by atoms with E-state index in [0.29, 0.717) is 32.1 Å². The number of aldehydes is 1. The maximum atomic E-state index is 13.1. The zero-order chi connectivity index (χ0) is 32.0. The third kappa shape index (κ3) is 16.1. The first-order valence-electron chi connectivity index (χ1n) is 16.9. The molecule has 246 valence electrons. The molecule has 1 heterocycles. The highest BCUT2D eigenvalue weighted by atomic mass is 16.2. The van der Waals surface area contributed by atoms with Crippen LogP contribution in [0.25, 0.3) is 0 Å². The van der Waals surface area contributed by atoms with Crippen LogP contribution in [-0.4, -0.2) is 65.5 Å². The summed E-state index contributed by atoms with van der Waals surface area (Å²) < 4.78 is 0. The predicted octanol–water partition coefficient (Wildman–Crippen LogP) is 5.36. The quantitative estimate of drug-likeness (QED) is 0.0822. The average molecular weight is 605 g/mol. The highest BCUT2D eigenvalue weighted by Gasteiger charge is 2.37. The van der Waals surface area contributed by atoms with Gasteiger partial charge in [0.15, 0.2) is 0 Å². The standard InChI is InChI=1S/C34H60N4O5/c1-6-7-8-9-10-11-12-13-14-15-16-17-18-19-20-23-31(40)35-27(4)32(41)36-28(5)34(43)38-24-21-22-30(38)33(42)37-29(25-39)26(2)3/h13-14,25-30H,6-12,15-24H2,1-5H3,(H,35,40)(H,36,41)(H,37,42)/b14-13-/t27-,28-,29+,30-/m0/s1. The van der Waals surface area contributed by atoms with Crippen LogP contribution < -0.4 is 16.0 Å². The molecule has 4 atom stereocenters. The van der Waals surface area contributed by atoms with E-state index in [1.807, 2.05) is 13.8 Å². The van der Waals surface area contributed by atoms with Gasteiger partial charge in [0.2, 0.25) is 23.6 Å². The van der Waals surface area contributed by atoms with Gasteiger partial charge in [0, 0.05) is 13.0 Å². The van der Waals surface area contributed by atoms with Crippen LogP contribution in [0.1, 0.15) is 137 Å². The zero-order valence-corrected chi connectivity index (χ0v) is 27.6. The van der Waals surface area contributed by atoms with E-state index in [4.69, 9.17) is 0 Å². The van der Waals surface area contributed by atoms with Crippen molar-refractivity contribution in [3.63, 3.8) is 0 Å². The summed E-state index contributed by atoms with van der Waals surface area (Å²) in [6.07, 6.45) is 22.4. The van der Waals surface area contributed by atoms with Crippen molar-refractivity contribution in [1.29, 1.82) is 0 Å².